The number of hydrogen-bond acceptors (Lipinski definition) is 6. The average Bonchev–Trinajstić information content (AvgIpc) is 2.85. The van der Waals surface area contributed by atoms with E-state index in [2.05, 4.69) is 27.1 Å². The minimum atomic E-state index is -0.323. The normalized spacial score (nSPS) is 17.3. The molecule has 0 aliphatic carbocycles. The van der Waals surface area contributed by atoms with E-state index >= 15 is 0 Å². The molecule has 158 valence electrons. The Morgan fingerprint density at radius 2 is 1.90 bits per heavy atom. The quantitative estimate of drug-likeness (QED) is 0.652. The first-order chi connectivity index (χ1) is 15.2. The third-order valence-corrected chi connectivity index (χ3v) is 6.20. The van der Waals surface area contributed by atoms with Crippen LogP contribution in [-0.2, 0) is 16.8 Å². The van der Waals surface area contributed by atoms with E-state index in [9.17, 15) is 4.79 Å². The fourth-order valence-electron chi connectivity index (χ4n) is 4.52. The molecule has 0 unspecified atom stereocenters. The van der Waals surface area contributed by atoms with Crippen molar-refractivity contribution in [3.05, 3.63) is 71.7 Å². The molecule has 0 N–H and O–H groups in total. The number of hydrogen-bond donors (Lipinski definition) is 0. The van der Waals surface area contributed by atoms with E-state index in [1.165, 1.54) is 11.1 Å². The SMILES string of the molecule is COc1ccc2c(c1)CCOC21CCN(C(=O)c2cnc(-c3ccccn3)nc2)CC1. The van der Waals surface area contributed by atoms with Crippen molar-refractivity contribution < 1.29 is 14.3 Å². The number of piperidine rings is 1. The van der Waals surface area contributed by atoms with Crippen LogP contribution in [0.3, 0.4) is 0 Å². The number of pyridine rings is 1. The van der Waals surface area contributed by atoms with E-state index in [1.807, 2.05) is 29.2 Å². The van der Waals surface area contributed by atoms with Gasteiger partial charge in [0.15, 0.2) is 5.82 Å². The predicted molar refractivity (Wildman–Crippen MR) is 115 cm³/mol. The summed E-state index contributed by atoms with van der Waals surface area (Å²) in [5, 5.41) is 0. The minimum absolute atomic E-state index is 0.0480. The molecule has 0 saturated carbocycles. The van der Waals surface area contributed by atoms with Gasteiger partial charge in [0, 0.05) is 31.7 Å². The Bertz CT molecular complexity index is 1080. The maximum atomic E-state index is 13.0. The van der Waals surface area contributed by atoms with Crippen LogP contribution in [0.1, 0.15) is 34.3 Å². The third-order valence-electron chi connectivity index (χ3n) is 6.20. The summed E-state index contributed by atoms with van der Waals surface area (Å²) in [6, 6.07) is 11.8. The topological polar surface area (TPSA) is 77.4 Å². The molecule has 2 aliphatic heterocycles. The van der Waals surface area contributed by atoms with Gasteiger partial charge in [0.1, 0.15) is 11.4 Å². The lowest BCUT2D eigenvalue weighted by Crippen LogP contribution is -2.48. The van der Waals surface area contributed by atoms with E-state index in [4.69, 9.17) is 9.47 Å². The average molecular weight is 416 g/mol. The van der Waals surface area contributed by atoms with Crippen molar-refractivity contribution in [1.82, 2.24) is 19.9 Å². The number of fused-ring (bicyclic) bond motifs is 2. The summed E-state index contributed by atoms with van der Waals surface area (Å²) in [5.74, 6) is 1.34. The zero-order chi connectivity index (χ0) is 21.3. The number of nitrogens with zero attached hydrogens (tertiary/aromatic N) is 4. The second-order valence-corrected chi connectivity index (χ2v) is 7.92. The third kappa shape index (κ3) is 3.65. The summed E-state index contributed by atoms with van der Waals surface area (Å²) >= 11 is 0. The van der Waals surface area contributed by atoms with E-state index in [0.29, 0.717) is 36.8 Å². The molecular weight excluding hydrogens is 392 g/mol. The molecule has 1 amide bonds. The van der Waals surface area contributed by atoms with Crippen molar-refractivity contribution in [2.24, 2.45) is 0 Å². The van der Waals surface area contributed by atoms with Gasteiger partial charge in [0.05, 0.1) is 24.9 Å². The standard InChI is InChI=1S/C24H24N4O3/c1-30-19-5-6-20-17(14-19)7-13-31-24(20)8-11-28(12-9-24)23(29)18-15-26-22(27-16-18)21-4-2-3-10-25-21/h2-6,10,14-16H,7-9,11-13H2,1H3. The number of aromatic nitrogens is 3. The number of carbonyl (C=O) groups is 1. The second-order valence-electron chi connectivity index (χ2n) is 7.92. The molecule has 7 nitrogen and oxygen atoms in total. The Labute approximate surface area is 181 Å². The van der Waals surface area contributed by atoms with Crippen molar-refractivity contribution in [2.75, 3.05) is 26.8 Å². The van der Waals surface area contributed by atoms with E-state index in [1.54, 1.807) is 25.7 Å². The summed E-state index contributed by atoms with van der Waals surface area (Å²) < 4.78 is 11.7. The van der Waals surface area contributed by atoms with Gasteiger partial charge in [-0.3, -0.25) is 9.78 Å². The van der Waals surface area contributed by atoms with Crippen LogP contribution in [0.15, 0.2) is 55.0 Å². The zero-order valence-electron chi connectivity index (χ0n) is 17.5. The van der Waals surface area contributed by atoms with Gasteiger partial charge >= 0.3 is 0 Å². The molecule has 1 fully saturated rings. The van der Waals surface area contributed by atoms with Crippen molar-refractivity contribution in [2.45, 2.75) is 24.9 Å². The first-order valence-electron chi connectivity index (χ1n) is 10.5. The maximum Gasteiger partial charge on any atom is 0.256 e. The number of likely N-dealkylation sites (tertiary alicyclic amines) is 1. The molecular formula is C24H24N4O3. The van der Waals surface area contributed by atoms with Crippen molar-refractivity contribution >= 4 is 5.91 Å². The molecule has 0 radical (unpaired) electrons. The Balaban J connectivity index is 1.30. The first-order valence-corrected chi connectivity index (χ1v) is 10.5. The lowest BCUT2D eigenvalue weighted by molar-refractivity contribution is -0.0935. The van der Waals surface area contributed by atoms with Crippen molar-refractivity contribution in [3.8, 4) is 17.3 Å². The van der Waals surface area contributed by atoms with Gasteiger partial charge < -0.3 is 14.4 Å². The highest BCUT2D eigenvalue weighted by molar-refractivity contribution is 5.93. The van der Waals surface area contributed by atoms with Crippen LogP contribution in [0.25, 0.3) is 11.5 Å². The highest BCUT2D eigenvalue weighted by Gasteiger charge is 2.41. The molecule has 1 spiro atoms. The minimum Gasteiger partial charge on any atom is -0.497 e. The Morgan fingerprint density at radius 3 is 2.61 bits per heavy atom. The van der Waals surface area contributed by atoms with Gasteiger partial charge in [-0.25, -0.2) is 9.97 Å². The summed E-state index contributed by atoms with van der Waals surface area (Å²) in [6.07, 6.45) is 7.29. The number of rotatable bonds is 3. The van der Waals surface area contributed by atoms with Crippen molar-refractivity contribution in [1.29, 1.82) is 0 Å². The molecule has 1 saturated heterocycles. The lowest BCUT2D eigenvalue weighted by atomic mass is 9.79. The smallest absolute Gasteiger partial charge is 0.256 e. The first kappa shape index (κ1) is 19.6. The molecule has 0 bridgehead atoms. The fraction of sp³-hybridized carbons (Fsp3) is 0.333. The van der Waals surface area contributed by atoms with Crippen LogP contribution in [-0.4, -0.2) is 52.6 Å². The van der Waals surface area contributed by atoms with Gasteiger partial charge in [-0.05, 0) is 54.7 Å². The van der Waals surface area contributed by atoms with Crippen LogP contribution in [0.2, 0.25) is 0 Å². The highest BCUT2D eigenvalue weighted by atomic mass is 16.5. The van der Waals surface area contributed by atoms with Gasteiger partial charge in [-0.15, -0.1) is 0 Å². The molecule has 4 heterocycles. The van der Waals surface area contributed by atoms with E-state index < -0.39 is 0 Å². The van der Waals surface area contributed by atoms with Gasteiger partial charge in [-0.1, -0.05) is 12.1 Å². The second kappa shape index (κ2) is 8.07. The Hall–Kier alpha value is -3.32. The molecule has 5 rings (SSSR count). The summed E-state index contributed by atoms with van der Waals surface area (Å²) in [7, 11) is 1.69. The number of ether oxygens (including phenoxy) is 2. The van der Waals surface area contributed by atoms with Crippen LogP contribution >= 0.6 is 0 Å². The van der Waals surface area contributed by atoms with Crippen LogP contribution in [0, 0.1) is 0 Å². The molecule has 1 aromatic carbocycles. The number of methoxy groups -OCH3 is 1. The zero-order valence-corrected chi connectivity index (χ0v) is 17.5. The largest absolute Gasteiger partial charge is 0.497 e. The lowest BCUT2D eigenvalue weighted by Gasteiger charge is -2.45. The molecule has 0 atom stereocenters. The molecule has 3 aromatic rings. The van der Waals surface area contributed by atoms with E-state index in [-0.39, 0.29) is 11.5 Å². The van der Waals surface area contributed by atoms with Gasteiger partial charge in [-0.2, -0.15) is 0 Å². The van der Waals surface area contributed by atoms with Crippen molar-refractivity contribution in [3.63, 3.8) is 0 Å². The monoisotopic (exact) mass is 416 g/mol. The van der Waals surface area contributed by atoms with Crippen LogP contribution < -0.4 is 4.74 Å². The summed E-state index contributed by atoms with van der Waals surface area (Å²) in [5.41, 5.74) is 3.37. The number of carbonyl (C=O) groups excluding carboxylic acids is 1. The molecule has 31 heavy (non-hydrogen) atoms. The number of benzene rings is 1. The van der Waals surface area contributed by atoms with Crippen LogP contribution in [0.5, 0.6) is 5.75 Å². The van der Waals surface area contributed by atoms with Crippen LogP contribution in [0.4, 0.5) is 0 Å². The summed E-state index contributed by atoms with van der Waals surface area (Å²) in [4.78, 5) is 27.8. The molecule has 2 aromatic heterocycles. The predicted octanol–water partition coefficient (Wildman–Crippen LogP) is 3.25. The van der Waals surface area contributed by atoms with Gasteiger partial charge in [0.25, 0.3) is 5.91 Å². The highest BCUT2D eigenvalue weighted by Crippen LogP contribution is 2.42. The summed E-state index contributed by atoms with van der Waals surface area (Å²) in [6.45, 7) is 1.95. The fourth-order valence-corrected chi connectivity index (χ4v) is 4.52. The molecule has 2 aliphatic rings. The maximum absolute atomic E-state index is 13.0. The van der Waals surface area contributed by atoms with E-state index in [0.717, 1.165) is 25.0 Å². The van der Waals surface area contributed by atoms with Gasteiger partial charge in [0.2, 0.25) is 0 Å². The molecule has 7 heteroatoms. The Kier molecular flexibility index (Phi) is 5.11. The number of amides is 1. The Morgan fingerprint density at radius 1 is 1.10 bits per heavy atom.